The zero-order chi connectivity index (χ0) is 21.1. The second-order valence-electron chi connectivity index (χ2n) is 6.95. The number of nitrogens with one attached hydrogen (secondary N) is 3. The Morgan fingerprint density at radius 1 is 1.00 bits per heavy atom. The molecule has 3 aromatic rings. The first-order valence-electron chi connectivity index (χ1n) is 9.71. The van der Waals surface area contributed by atoms with Gasteiger partial charge in [0.15, 0.2) is 0 Å². The number of carbonyl (C=O) groups excluding carboxylic acids is 3. The molecule has 7 heteroatoms. The predicted molar refractivity (Wildman–Crippen MR) is 116 cm³/mol. The molecule has 0 bridgehead atoms. The Morgan fingerprint density at radius 2 is 1.70 bits per heavy atom. The van der Waals surface area contributed by atoms with Crippen LogP contribution in [0, 0.1) is 0 Å². The van der Waals surface area contributed by atoms with E-state index in [-0.39, 0.29) is 18.2 Å². The summed E-state index contributed by atoms with van der Waals surface area (Å²) < 4.78 is 4.94. The summed E-state index contributed by atoms with van der Waals surface area (Å²) in [6.07, 6.45) is -0.0458. The molecular weight excluding hydrogens is 382 g/mol. The summed E-state index contributed by atoms with van der Waals surface area (Å²) in [5, 5.41) is 10.8. The molecule has 152 valence electrons. The average Bonchev–Trinajstić information content (AvgIpc) is 2.86. The van der Waals surface area contributed by atoms with Crippen molar-refractivity contribution in [1.82, 2.24) is 0 Å². The lowest BCUT2D eigenvalue weighted by atomic mass is 10.1. The number of hydrogen-bond donors (Lipinski definition) is 3. The van der Waals surface area contributed by atoms with Crippen LogP contribution in [0.1, 0.15) is 23.7 Å². The summed E-state index contributed by atoms with van der Waals surface area (Å²) in [5.74, 6) is -1.00. The number of hydrogen-bond acceptors (Lipinski definition) is 5. The molecule has 3 aromatic carbocycles. The lowest BCUT2D eigenvalue weighted by Crippen LogP contribution is -2.36. The molecule has 1 aliphatic rings. The molecule has 0 spiro atoms. The Kier molecular flexibility index (Phi) is 5.34. The number of benzene rings is 3. The highest BCUT2D eigenvalue weighted by Crippen LogP contribution is 2.33. The van der Waals surface area contributed by atoms with E-state index in [2.05, 4.69) is 16.0 Å². The summed E-state index contributed by atoms with van der Waals surface area (Å²) in [7, 11) is 0. The van der Waals surface area contributed by atoms with Gasteiger partial charge in [-0.1, -0.05) is 24.3 Å². The van der Waals surface area contributed by atoms with Gasteiger partial charge in [-0.05, 0) is 48.7 Å². The number of rotatable bonds is 5. The third kappa shape index (κ3) is 3.96. The lowest BCUT2D eigenvalue weighted by molar-refractivity contribution is -0.121. The number of ether oxygens (including phenoxy) is 1. The minimum Gasteiger partial charge on any atom is -0.462 e. The van der Waals surface area contributed by atoms with Crippen molar-refractivity contribution in [3.05, 3.63) is 66.2 Å². The highest BCUT2D eigenvalue weighted by atomic mass is 16.5. The second kappa shape index (κ2) is 8.24. The summed E-state index contributed by atoms with van der Waals surface area (Å²) in [4.78, 5) is 37.0. The van der Waals surface area contributed by atoms with Crippen molar-refractivity contribution in [3.8, 4) is 0 Å². The van der Waals surface area contributed by atoms with Crippen molar-refractivity contribution in [1.29, 1.82) is 0 Å². The monoisotopic (exact) mass is 403 g/mol. The number of anilines is 3. The van der Waals surface area contributed by atoms with E-state index >= 15 is 0 Å². The van der Waals surface area contributed by atoms with Gasteiger partial charge in [0, 0.05) is 16.8 Å². The van der Waals surface area contributed by atoms with Gasteiger partial charge in [-0.2, -0.15) is 0 Å². The van der Waals surface area contributed by atoms with Gasteiger partial charge in [-0.3, -0.25) is 9.59 Å². The van der Waals surface area contributed by atoms with Crippen molar-refractivity contribution in [2.24, 2.45) is 0 Å². The van der Waals surface area contributed by atoms with Gasteiger partial charge in [0.25, 0.3) is 0 Å². The molecule has 4 rings (SSSR count). The van der Waals surface area contributed by atoms with Crippen LogP contribution in [-0.2, 0) is 14.3 Å². The van der Waals surface area contributed by atoms with E-state index in [4.69, 9.17) is 4.74 Å². The molecule has 0 aromatic heterocycles. The highest BCUT2D eigenvalue weighted by Gasteiger charge is 2.26. The van der Waals surface area contributed by atoms with Gasteiger partial charge in [0.1, 0.15) is 6.04 Å². The number of amides is 2. The predicted octanol–water partition coefficient (Wildman–Crippen LogP) is 3.78. The van der Waals surface area contributed by atoms with Crippen LogP contribution >= 0.6 is 0 Å². The van der Waals surface area contributed by atoms with Crippen molar-refractivity contribution in [2.45, 2.75) is 19.4 Å². The molecule has 0 unspecified atom stereocenters. The third-order valence-electron chi connectivity index (χ3n) is 4.88. The van der Waals surface area contributed by atoms with Crippen LogP contribution in [0.15, 0.2) is 60.7 Å². The molecule has 0 saturated carbocycles. The second-order valence-corrected chi connectivity index (χ2v) is 6.95. The first-order chi connectivity index (χ1) is 14.5. The molecule has 0 aliphatic carbocycles. The topological polar surface area (TPSA) is 96.5 Å². The summed E-state index contributed by atoms with van der Waals surface area (Å²) in [6, 6.07) is 17.2. The van der Waals surface area contributed by atoms with Gasteiger partial charge < -0.3 is 20.7 Å². The fourth-order valence-corrected chi connectivity index (χ4v) is 3.48. The van der Waals surface area contributed by atoms with Crippen molar-refractivity contribution >= 4 is 45.6 Å². The molecular formula is C23H21N3O4. The SMILES string of the molecule is CCOC(=O)c1ccc(NC(=O)C[C@@H]2Nc3cccc4cccc(c34)NC2=O)cc1. The van der Waals surface area contributed by atoms with Crippen LogP contribution in [0.3, 0.4) is 0 Å². The quantitative estimate of drug-likeness (QED) is 0.564. The minimum absolute atomic E-state index is 0.0458. The van der Waals surface area contributed by atoms with Crippen molar-refractivity contribution in [3.63, 3.8) is 0 Å². The molecule has 1 atom stereocenters. The number of carbonyl (C=O) groups is 3. The van der Waals surface area contributed by atoms with E-state index in [0.29, 0.717) is 17.9 Å². The van der Waals surface area contributed by atoms with Crippen LogP contribution in [0.2, 0.25) is 0 Å². The van der Waals surface area contributed by atoms with Gasteiger partial charge in [-0.15, -0.1) is 0 Å². The lowest BCUT2D eigenvalue weighted by Gasteiger charge is -2.16. The van der Waals surface area contributed by atoms with E-state index in [0.717, 1.165) is 22.1 Å². The minimum atomic E-state index is -0.721. The average molecular weight is 403 g/mol. The van der Waals surface area contributed by atoms with E-state index in [9.17, 15) is 14.4 Å². The zero-order valence-electron chi connectivity index (χ0n) is 16.4. The molecule has 2 amide bonds. The molecule has 7 nitrogen and oxygen atoms in total. The van der Waals surface area contributed by atoms with Crippen molar-refractivity contribution in [2.75, 3.05) is 22.6 Å². The maximum absolute atomic E-state index is 12.7. The summed E-state index contributed by atoms with van der Waals surface area (Å²) in [5.41, 5.74) is 2.47. The van der Waals surface area contributed by atoms with Crippen LogP contribution in [0.4, 0.5) is 17.1 Å². The van der Waals surface area contributed by atoms with Crippen LogP contribution < -0.4 is 16.0 Å². The number of esters is 1. The van der Waals surface area contributed by atoms with E-state index < -0.39 is 12.0 Å². The van der Waals surface area contributed by atoms with E-state index in [1.54, 1.807) is 31.2 Å². The first-order valence-corrected chi connectivity index (χ1v) is 9.71. The van der Waals surface area contributed by atoms with Crippen LogP contribution in [0.25, 0.3) is 10.8 Å². The molecule has 0 saturated heterocycles. The zero-order valence-corrected chi connectivity index (χ0v) is 16.4. The van der Waals surface area contributed by atoms with Crippen molar-refractivity contribution < 1.29 is 19.1 Å². The Labute approximate surface area is 173 Å². The Hall–Kier alpha value is -3.87. The Balaban J connectivity index is 1.46. The van der Waals surface area contributed by atoms with Gasteiger partial charge in [0.2, 0.25) is 11.8 Å². The van der Waals surface area contributed by atoms with Gasteiger partial charge in [-0.25, -0.2) is 4.79 Å². The Bertz CT molecular complexity index is 1120. The molecule has 0 radical (unpaired) electrons. The van der Waals surface area contributed by atoms with E-state index in [1.165, 1.54) is 0 Å². The molecule has 0 fully saturated rings. The normalized spacial score (nSPS) is 15.0. The third-order valence-corrected chi connectivity index (χ3v) is 4.88. The largest absolute Gasteiger partial charge is 0.462 e. The smallest absolute Gasteiger partial charge is 0.338 e. The van der Waals surface area contributed by atoms with E-state index in [1.807, 2.05) is 36.4 Å². The Morgan fingerprint density at radius 3 is 2.40 bits per heavy atom. The summed E-state index contributed by atoms with van der Waals surface area (Å²) >= 11 is 0. The summed E-state index contributed by atoms with van der Waals surface area (Å²) in [6.45, 7) is 2.04. The molecule has 1 aliphatic heterocycles. The molecule has 3 N–H and O–H groups in total. The standard InChI is InChI=1S/C23H21N3O4/c1-2-30-23(29)15-9-11-16(12-10-15)24-20(27)13-19-22(28)26-18-8-4-6-14-5-3-7-17(25-19)21(14)18/h3-12,19,25H,2,13H2,1H3,(H,24,27)(H,26,28)/t19-/m0/s1. The van der Waals surface area contributed by atoms with Crippen LogP contribution in [-0.4, -0.2) is 30.4 Å². The maximum Gasteiger partial charge on any atom is 0.338 e. The van der Waals surface area contributed by atoms with Gasteiger partial charge in [0.05, 0.1) is 24.3 Å². The molecule has 1 heterocycles. The maximum atomic E-state index is 12.7. The van der Waals surface area contributed by atoms with Gasteiger partial charge >= 0.3 is 5.97 Å². The first kappa shape index (κ1) is 19.4. The fourth-order valence-electron chi connectivity index (χ4n) is 3.48. The molecule has 30 heavy (non-hydrogen) atoms. The fraction of sp³-hybridized carbons (Fsp3) is 0.174. The van der Waals surface area contributed by atoms with Crippen LogP contribution in [0.5, 0.6) is 0 Å². The highest BCUT2D eigenvalue weighted by molar-refractivity contribution is 6.13.